The molecule has 1 amide bonds. The van der Waals surface area contributed by atoms with Crippen molar-refractivity contribution in [2.24, 2.45) is 13.0 Å². The second-order valence-electron chi connectivity index (χ2n) is 6.80. The highest BCUT2D eigenvalue weighted by Crippen LogP contribution is 2.23. The van der Waals surface area contributed by atoms with Crippen LogP contribution in [0.1, 0.15) is 23.1 Å². The third-order valence-corrected chi connectivity index (χ3v) is 4.59. The number of hydrogen-bond acceptors (Lipinski definition) is 5. The van der Waals surface area contributed by atoms with Gasteiger partial charge >= 0.3 is 0 Å². The molecular formula is C19H22N6O2. The Kier molecular flexibility index (Phi) is 4.53. The van der Waals surface area contributed by atoms with Crippen LogP contribution in [-0.2, 0) is 20.2 Å². The second kappa shape index (κ2) is 7.14. The molecule has 0 aliphatic carbocycles. The molecule has 0 radical (unpaired) electrons. The summed E-state index contributed by atoms with van der Waals surface area (Å²) >= 11 is 0. The first-order valence-electron chi connectivity index (χ1n) is 8.90. The van der Waals surface area contributed by atoms with Crippen molar-refractivity contribution in [2.75, 3.05) is 17.2 Å². The number of carbonyl (C=O) groups excluding carboxylic acids is 1. The number of hydrogen-bond donors (Lipinski definition) is 2. The number of amides is 1. The molecule has 0 bridgehead atoms. The van der Waals surface area contributed by atoms with E-state index >= 15 is 0 Å². The van der Waals surface area contributed by atoms with Crippen LogP contribution in [0.2, 0.25) is 0 Å². The molecule has 1 unspecified atom stereocenters. The van der Waals surface area contributed by atoms with Crippen LogP contribution in [-0.4, -0.2) is 31.8 Å². The van der Waals surface area contributed by atoms with Gasteiger partial charge in [-0.2, -0.15) is 5.10 Å². The van der Waals surface area contributed by atoms with Crippen molar-refractivity contribution < 1.29 is 9.53 Å². The van der Waals surface area contributed by atoms with E-state index in [1.54, 1.807) is 12.4 Å². The molecule has 0 fully saturated rings. The summed E-state index contributed by atoms with van der Waals surface area (Å²) in [5.74, 6) is 2.65. The fourth-order valence-corrected chi connectivity index (χ4v) is 3.02. The van der Waals surface area contributed by atoms with Crippen molar-refractivity contribution in [1.29, 1.82) is 0 Å². The highest BCUT2D eigenvalue weighted by atomic mass is 16.5. The number of anilines is 2. The Labute approximate surface area is 157 Å². The van der Waals surface area contributed by atoms with Crippen molar-refractivity contribution in [3.63, 3.8) is 0 Å². The van der Waals surface area contributed by atoms with E-state index in [0.29, 0.717) is 23.8 Å². The van der Waals surface area contributed by atoms with Crippen LogP contribution in [0.25, 0.3) is 0 Å². The van der Waals surface area contributed by atoms with Gasteiger partial charge < -0.3 is 19.9 Å². The van der Waals surface area contributed by atoms with Crippen LogP contribution in [0.3, 0.4) is 0 Å². The minimum atomic E-state index is -0.181. The third kappa shape index (κ3) is 3.64. The molecule has 0 saturated heterocycles. The minimum absolute atomic E-state index is 0.181. The van der Waals surface area contributed by atoms with Crippen LogP contribution in [0, 0.1) is 5.92 Å². The summed E-state index contributed by atoms with van der Waals surface area (Å²) in [6, 6.07) is 7.28. The first-order valence-corrected chi connectivity index (χ1v) is 8.90. The number of fused-ring (bicyclic) bond motifs is 1. The van der Waals surface area contributed by atoms with Gasteiger partial charge in [-0.05, 0) is 30.2 Å². The third-order valence-electron chi connectivity index (χ3n) is 4.59. The van der Waals surface area contributed by atoms with Crippen molar-refractivity contribution >= 4 is 17.4 Å². The van der Waals surface area contributed by atoms with E-state index in [2.05, 4.69) is 27.6 Å². The molecule has 3 heterocycles. The largest absolute Gasteiger partial charge is 0.486 e. The van der Waals surface area contributed by atoms with Gasteiger partial charge in [0.15, 0.2) is 0 Å². The Morgan fingerprint density at radius 3 is 2.93 bits per heavy atom. The smallest absolute Gasteiger partial charge is 0.261 e. The van der Waals surface area contributed by atoms with Crippen molar-refractivity contribution in [3.05, 3.63) is 54.2 Å². The zero-order valence-electron chi connectivity index (χ0n) is 15.3. The Hall–Kier alpha value is -3.29. The zero-order valence-corrected chi connectivity index (χ0v) is 15.3. The number of imidazole rings is 1. The summed E-state index contributed by atoms with van der Waals surface area (Å²) in [5, 5.41) is 10.5. The number of aryl methyl sites for hydroxylation is 1. The predicted molar refractivity (Wildman–Crippen MR) is 102 cm³/mol. The van der Waals surface area contributed by atoms with E-state index < -0.39 is 0 Å². The molecule has 0 saturated carbocycles. The lowest BCUT2D eigenvalue weighted by molar-refractivity contribution is 0.102. The molecule has 0 spiro atoms. The summed E-state index contributed by atoms with van der Waals surface area (Å²) in [5.41, 5.74) is 1.26. The maximum Gasteiger partial charge on any atom is 0.261 e. The van der Waals surface area contributed by atoms with Gasteiger partial charge in [-0.25, -0.2) is 9.67 Å². The van der Waals surface area contributed by atoms with Gasteiger partial charge in [0.2, 0.25) is 0 Å². The Balaban J connectivity index is 1.38. The lowest BCUT2D eigenvalue weighted by Gasteiger charge is -2.22. The summed E-state index contributed by atoms with van der Waals surface area (Å²) < 4.78 is 9.49. The maximum absolute atomic E-state index is 12.6. The van der Waals surface area contributed by atoms with Crippen LogP contribution in [0.15, 0.2) is 42.9 Å². The topological polar surface area (TPSA) is 86.0 Å². The Morgan fingerprint density at radius 1 is 1.37 bits per heavy atom. The minimum Gasteiger partial charge on any atom is -0.486 e. The van der Waals surface area contributed by atoms with E-state index in [1.165, 1.54) is 0 Å². The number of nitrogens with zero attached hydrogens (tertiary/aromatic N) is 4. The molecule has 140 valence electrons. The van der Waals surface area contributed by atoms with E-state index in [9.17, 15) is 4.79 Å². The van der Waals surface area contributed by atoms with Gasteiger partial charge in [0.25, 0.3) is 5.91 Å². The molecule has 3 aromatic rings. The Morgan fingerprint density at radius 2 is 2.19 bits per heavy atom. The van der Waals surface area contributed by atoms with Gasteiger partial charge in [0.05, 0.1) is 6.20 Å². The number of ether oxygens (including phenoxy) is 1. The van der Waals surface area contributed by atoms with Gasteiger partial charge in [-0.3, -0.25) is 4.79 Å². The molecule has 27 heavy (non-hydrogen) atoms. The molecule has 8 heteroatoms. The van der Waals surface area contributed by atoms with E-state index in [0.717, 1.165) is 30.5 Å². The quantitative estimate of drug-likeness (QED) is 0.725. The number of aromatic nitrogens is 4. The Bertz CT molecular complexity index is 944. The number of nitrogens with one attached hydrogen (secondary N) is 2. The van der Waals surface area contributed by atoms with Crippen LogP contribution in [0.5, 0.6) is 5.75 Å². The van der Waals surface area contributed by atoms with Gasteiger partial charge in [0, 0.05) is 38.2 Å². The normalized spacial score (nSPS) is 15.7. The molecule has 1 aromatic carbocycles. The van der Waals surface area contributed by atoms with Crippen LogP contribution >= 0.6 is 0 Å². The fraction of sp³-hybridized carbons (Fsp3) is 0.316. The molecule has 8 nitrogen and oxygen atoms in total. The highest BCUT2D eigenvalue weighted by molar-refractivity contribution is 6.07. The first kappa shape index (κ1) is 17.1. The first-order chi connectivity index (χ1) is 13.1. The highest BCUT2D eigenvalue weighted by Gasteiger charge is 2.22. The molecular weight excluding hydrogens is 344 g/mol. The van der Waals surface area contributed by atoms with Crippen LogP contribution < -0.4 is 15.4 Å². The summed E-state index contributed by atoms with van der Waals surface area (Å²) in [6.45, 7) is 4.20. The maximum atomic E-state index is 12.6. The van der Waals surface area contributed by atoms with E-state index in [-0.39, 0.29) is 5.91 Å². The SMILES string of the molecule is CC1CNc2c(C(=O)Nc3ccc(OCc4nccn4C)cc3)cnn2C1. The molecule has 2 aromatic heterocycles. The second-order valence-corrected chi connectivity index (χ2v) is 6.80. The lowest BCUT2D eigenvalue weighted by atomic mass is 10.1. The standard InChI is InChI=1S/C19H22N6O2/c1-13-9-21-18-16(10-22-25(18)11-13)19(26)23-14-3-5-15(6-4-14)27-12-17-20-7-8-24(17)2/h3-8,10,13,21H,9,11-12H2,1-2H3,(H,23,26). The van der Waals surface area contributed by atoms with Crippen molar-refractivity contribution in [2.45, 2.75) is 20.1 Å². The van der Waals surface area contributed by atoms with Crippen LogP contribution in [0.4, 0.5) is 11.5 Å². The average Bonchev–Trinajstić information content (AvgIpc) is 3.26. The molecule has 1 aliphatic rings. The molecule has 2 N–H and O–H groups in total. The summed E-state index contributed by atoms with van der Waals surface area (Å²) in [4.78, 5) is 16.8. The average molecular weight is 366 g/mol. The molecule has 1 atom stereocenters. The molecule has 4 rings (SSSR count). The van der Waals surface area contributed by atoms with Crippen molar-refractivity contribution in [1.82, 2.24) is 19.3 Å². The fourth-order valence-electron chi connectivity index (χ4n) is 3.02. The van der Waals surface area contributed by atoms with E-state index in [1.807, 2.05) is 46.8 Å². The predicted octanol–water partition coefficient (Wildman–Crippen LogP) is 2.51. The molecule has 1 aliphatic heterocycles. The summed E-state index contributed by atoms with van der Waals surface area (Å²) in [6.07, 6.45) is 5.23. The zero-order chi connectivity index (χ0) is 18.8. The van der Waals surface area contributed by atoms with Gasteiger partial charge in [0.1, 0.15) is 29.6 Å². The number of benzene rings is 1. The van der Waals surface area contributed by atoms with Gasteiger partial charge in [-0.1, -0.05) is 6.92 Å². The van der Waals surface area contributed by atoms with Crippen molar-refractivity contribution in [3.8, 4) is 5.75 Å². The lowest BCUT2D eigenvalue weighted by Crippen LogP contribution is -2.27. The van der Waals surface area contributed by atoms with Gasteiger partial charge in [-0.15, -0.1) is 0 Å². The monoisotopic (exact) mass is 366 g/mol. The van der Waals surface area contributed by atoms with E-state index in [4.69, 9.17) is 4.74 Å². The number of rotatable bonds is 5. The number of carbonyl (C=O) groups is 1. The summed E-state index contributed by atoms with van der Waals surface area (Å²) in [7, 11) is 1.93.